The number of ether oxygens (including phenoxy) is 1. The topological polar surface area (TPSA) is 59.2 Å². The number of halogens is 3. The van der Waals surface area contributed by atoms with E-state index in [0.29, 0.717) is 6.42 Å². The van der Waals surface area contributed by atoms with Gasteiger partial charge >= 0.3 is 11.9 Å². The molecule has 1 aromatic rings. The first kappa shape index (κ1) is 23.2. The smallest absolute Gasteiger partial charge is 0.357 e. The molecule has 0 saturated heterocycles. The third kappa shape index (κ3) is 7.39. The summed E-state index contributed by atoms with van der Waals surface area (Å²) in [5.74, 6) is -7.57. The maximum Gasteiger partial charge on any atom is 0.357 e. The number of alkyl halides is 2. The zero-order valence-corrected chi connectivity index (χ0v) is 16.2. The Hall–Kier alpha value is -1.79. The Balaban J connectivity index is 2.44. The Bertz CT molecular complexity index is 599. The van der Waals surface area contributed by atoms with Crippen LogP contribution in [0.5, 0.6) is 0 Å². The molecule has 0 fully saturated rings. The number of aromatic amines is 1. The number of ketones is 1. The summed E-state index contributed by atoms with van der Waals surface area (Å²) in [4.78, 5) is 25.7. The van der Waals surface area contributed by atoms with Crippen LogP contribution in [-0.4, -0.2) is 29.3 Å². The van der Waals surface area contributed by atoms with E-state index in [1.807, 2.05) is 0 Å². The number of unbranched alkanes of at least 4 members (excludes halogenated alkanes) is 8. The molecule has 1 aromatic heterocycles. The van der Waals surface area contributed by atoms with Gasteiger partial charge in [-0.1, -0.05) is 58.3 Å². The predicted octanol–water partition coefficient (Wildman–Crippen LogP) is 6.07. The van der Waals surface area contributed by atoms with Crippen LogP contribution in [0.3, 0.4) is 0 Å². The lowest BCUT2D eigenvalue weighted by Gasteiger charge is -2.14. The van der Waals surface area contributed by atoms with Gasteiger partial charge in [0.05, 0.1) is 12.2 Å². The van der Waals surface area contributed by atoms with Crippen LogP contribution in [0.1, 0.15) is 98.9 Å². The first-order chi connectivity index (χ1) is 12.8. The molecule has 0 aromatic carbocycles. The van der Waals surface area contributed by atoms with Crippen molar-refractivity contribution in [1.82, 2.24) is 4.98 Å². The molecule has 4 nitrogen and oxygen atoms in total. The fourth-order valence-electron chi connectivity index (χ4n) is 2.89. The van der Waals surface area contributed by atoms with Crippen molar-refractivity contribution in [3.8, 4) is 0 Å². The van der Waals surface area contributed by atoms with Crippen molar-refractivity contribution in [3.05, 3.63) is 23.3 Å². The van der Waals surface area contributed by atoms with Gasteiger partial charge in [-0.2, -0.15) is 8.78 Å². The van der Waals surface area contributed by atoms with Gasteiger partial charge in [-0.15, -0.1) is 0 Å². The highest BCUT2D eigenvalue weighted by Gasteiger charge is 2.41. The van der Waals surface area contributed by atoms with Gasteiger partial charge in [-0.05, 0) is 13.3 Å². The molecule has 0 atom stereocenters. The van der Waals surface area contributed by atoms with Crippen LogP contribution in [0, 0.1) is 5.82 Å². The maximum atomic E-state index is 14.1. The van der Waals surface area contributed by atoms with E-state index in [4.69, 9.17) is 0 Å². The molecule has 154 valence electrons. The van der Waals surface area contributed by atoms with Crippen LogP contribution in [-0.2, 0) is 4.74 Å². The maximum absolute atomic E-state index is 14.1. The number of nitrogens with one attached hydrogen (secondary N) is 1. The minimum absolute atomic E-state index is 0.00926. The fraction of sp³-hybridized carbons (Fsp3) is 0.700. The molecule has 0 aliphatic heterocycles. The lowest BCUT2D eigenvalue weighted by Crippen LogP contribution is -2.29. The molecule has 1 N–H and O–H groups in total. The largest absolute Gasteiger partial charge is 0.461 e. The molecular formula is C20H30F3NO3. The van der Waals surface area contributed by atoms with Gasteiger partial charge in [-0.25, -0.2) is 9.18 Å². The first-order valence-corrected chi connectivity index (χ1v) is 9.81. The van der Waals surface area contributed by atoms with Gasteiger partial charge in [0.25, 0.3) is 0 Å². The monoisotopic (exact) mass is 389 g/mol. The third-order valence-corrected chi connectivity index (χ3v) is 4.47. The molecule has 0 aliphatic carbocycles. The summed E-state index contributed by atoms with van der Waals surface area (Å²) < 4.78 is 46.9. The average molecular weight is 389 g/mol. The third-order valence-electron chi connectivity index (χ3n) is 4.47. The molecule has 0 aliphatic rings. The van der Waals surface area contributed by atoms with E-state index in [1.54, 1.807) is 0 Å². The number of aromatic nitrogens is 1. The zero-order chi connectivity index (χ0) is 20.3. The normalized spacial score (nSPS) is 11.6. The standard InChI is InChI=1S/C20H30F3NO3/c1-3-5-6-7-8-9-10-11-12-13-20(22,23)18(25)15-14-24-17(16(15)21)19(26)27-4-2/h14,24H,3-13H2,1-2H3. The van der Waals surface area contributed by atoms with Crippen molar-refractivity contribution in [1.29, 1.82) is 0 Å². The highest BCUT2D eigenvalue weighted by molar-refractivity contribution is 6.03. The molecule has 7 heteroatoms. The summed E-state index contributed by atoms with van der Waals surface area (Å²) in [5.41, 5.74) is -1.42. The van der Waals surface area contributed by atoms with Crippen molar-refractivity contribution in [2.75, 3.05) is 6.61 Å². The molecule has 0 spiro atoms. The van der Waals surface area contributed by atoms with E-state index >= 15 is 0 Å². The van der Waals surface area contributed by atoms with E-state index in [0.717, 1.165) is 31.9 Å². The van der Waals surface area contributed by atoms with Crippen LogP contribution in [0.15, 0.2) is 6.20 Å². The Morgan fingerprint density at radius 2 is 1.56 bits per heavy atom. The number of carbonyl (C=O) groups excluding carboxylic acids is 2. The van der Waals surface area contributed by atoms with E-state index in [1.165, 1.54) is 26.2 Å². The number of Topliss-reactive ketones (excluding diaryl/α,β-unsaturated/α-hetero) is 1. The first-order valence-electron chi connectivity index (χ1n) is 9.81. The molecule has 1 rings (SSSR count). The second-order valence-corrected chi connectivity index (χ2v) is 6.72. The number of esters is 1. The summed E-state index contributed by atoms with van der Waals surface area (Å²) >= 11 is 0. The Morgan fingerprint density at radius 3 is 2.11 bits per heavy atom. The molecule has 1 heterocycles. The zero-order valence-electron chi connectivity index (χ0n) is 16.2. The number of rotatable bonds is 14. The lowest BCUT2D eigenvalue weighted by atomic mass is 10.0. The molecule has 0 saturated carbocycles. The van der Waals surface area contributed by atoms with E-state index in [-0.39, 0.29) is 13.0 Å². The molecule has 0 bridgehead atoms. The summed E-state index contributed by atoms with van der Waals surface area (Å²) in [6, 6.07) is 0. The minimum Gasteiger partial charge on any atom is -0.461 e. The molecule has 0 radical (unpaired) electrons. The van der Waals surface area contributed by atoms with Crippen LogP contribution < -0.4 is 0 Å². The second kappa shape index (κ2) is 11.8. The van der Waals surface area contributed by atoms with Gasteiger partial charge in [0.1, 0.15) is 0 Å². The van der Waals surface area contributed by atoms with Crippen molar-refractivity contribution in [3.63, 3.8) is 0 Å². The van der Waals surface area contributed by atoms with Crippen molar-refractivity contribution in [2.24, 2.45) is 0 Å². The van der Waals surface area contributed by atoms with Gasteiger partial charge in [0.15, 0.2) is 11.5 Å². The summed E-state index contributed by atoms with van der Waals surface area (Å²) in [6.07, 6.45) is 8.71. The van der Waals surface area contributed by atoms with E-state index in [2.05, 4.69) is 16.6 Å². The summed E-state index contributed by atoms with van der Waals surface area (Å²) in [7, 11) is 0. The SMILES string of the molecule is CCCCCCCCCCCC(F)(F)C(=O)c1c[nH]c(C(=O)OCC)c1F. The molecule has 0 amide bonds. The van der Waals surface area contributed by atoms with Crippen molar-refractivity contribution in [2.45, 2.75) is 84.0 Å². The number of hydrogen-bond donors (Lipinski definition) is 1. The van der Waals surface area contributed by atoms with E-state index in [9.17, 15) is 22.8 Å². The van der Waals surface area contributed by atoms with Crippen molar-refractivity contribution >= 4 is 11.8 Å². The predicted molar refractivity (Wildman–Crippen MR) is 97.8 cm³/mol. The van der Waals surface area contributed by atoms with Crippen LogP contribution in [0.4, 0.5) is 13.2 Å². The van der Waals surface area contributed by atoms with Crippen molar-refractivity contribution < 1.29 is 27.5 Å². The van der Waals surface area contributed by atoms with E-state index < -0.39 is 41.2 Å². The number of hydrogen-bond acceptors (Lipinski definition) is 3. The number of H-pyrrole nitrogens is 1. The lowest BCUT2D eigenvalue weighted by molar-refractivity contribution is 0.00300. The summed E-state index contributed by atoms with van der Waals surface area (Å²) in [6.45, 7) is 3.69. The van der Waals surface area contributed by atoms with Crippen LogP contribution in [0.2, 0.25) is 0 Å². The molecular weight excluding hydrogens is 359 g/mol. The highest BCUT2D eigenvalue weighted by Crippen LogP contribution is 2.29. The van der Waals surface area contributed by atoms with Crippen LogP contribution in [0.25, 0.3) is 0 Å². The Labute approximate surface area is 158 Å². The minimum atomic E-state index is -3.66. The number of carbonyl (C=O) groups is 2. The van der Waals surface area contributed by atoms with Gasteiger partial charge in [0, 0.05) is 12.6 Å². The van der Waals surface area contributed by atoms with Crippen LogP contribution >= 0.6 is 0 Å². The second-order valence-electron chi connectivity index (χ2n) is 6.72. The fourth-order valence-corrected chi connectivity index (χ4v) is 2.89. The Kier molecular flexibility index (Phi) is 10.2. The quantitative estimate of drug-likeness (QED) is 0.239. The highest BCUT2D eigenvalue weighted by atomic mass is 19.3. The average Bonchev–Trinajstić information content (AvgIpc) is 3.01. The van der Waals surface area contributed by atoms with Gasteiger partial charge < -0.3 is 9.72 Å². The summed E-state index contributed by atoms with van der Waals surface area (Å²) in [5, 5.41) is 0. The Morgan fingerprint density at radius 1 is 1.00 bits per heavy atom. The van der Waals surface area contributed by atoms with Gasteiger partial charge in [-0.3, -0.25) is 4.79 Å². The molecule has 0 unspecified atom stereocenters. The van der Waals surface area contributed by atoms with Gasteiger partial charge in [0.2, 0.25) is 5.78 Å². The molecule has 27 heavy (non-hydrogen) atoms.